The predicted octanol–water partition coefficient (Wildman–Crippen LogP) is 2.35. The molecule has 0 bridgehead atoms. The fraction of sp³-hybridized carbons (Fsp3) is 0.700. The van der Waals surface area contributed by atoms with E-state index >= 15 is 0 Å². The number of amides is 1. The summed E-state index contributed by atoms with van der Waals surface area (Å²) in [5.41, 5.74) is 2.06. The number of ether oxygens (including phenoxy) is 1. The normalized spacial score (nSPS) is 42.6. The summed E-state index contributed by atoms with van der Waals surface area (Å²) in [4.78, 5) is 22.7. The van der Waals surface area contributed by atoms with Crippen molar-refractivity contribution in [1.82, 2.24) is 5.32 Å². The molecule has 3 rings (SSSR count). The number of fused-ring (bicyclic) bond motifs is 1. The van der Waals surface area contributed by atoms with E-state index in [1.807, 2.05) is 6.08 Å². The summed E-state index contributed by atoms with van der Waals surface area (Å²) in [7, 11) is 0. The van der Waals surface area contributed by atoms with E-state index < -0.39 is 0 Å². The molecule has 25 heavy (non-hydrogen) atoms. The zero-order valence-corrected chi connectivity index (χ0v) is 15.3. The molecule has 5 nitrogen and oxygen atoms in total. The van der Waals surface area contributed by atoms with Gasteiger partial charge in [0.1, 0.15) is 6.61 Å². The summed E-state index contributed by atoms with van der Waals surface area (Å²) in [6.07, 6.45) is 8.29. The lowest BCUT2D eigenvalue weighted by Crippen LogP contribution is -2.48. The molecular formula is C20H29NO4. The van der Waals surface area contributed by atoms with Crippen LogP contribution < -0.4 is 5.32 Å². The number of esters is 1. The molecule has 1 saturated carbocycles. The summed E-state index contributed by atoms with van der Waals surface area (Å²) < 4.78 is 5.08. The van der Waals surface area contributed by atoms with Crippen molar-refractivity contribution in [2.24, 2.45) is 23.2 Å². The molecule has 1 heterocycles. The number of carbonyl (C=O) groups excluding carboxylic acids is 2. The highest BCUT2D eigenvalue weighted by atomic mass is 16.5. The molecule has 0 spiro atoms. The van der Waals surface area contributed by atoms with Crippen molar-refractivity contribution in [3.8, 4) is 0 Å². The van der Waals surface area contributed by atoms with Crippen molar-refractivity contribution in [2.75, 3.05) is 6.61 Å². The summed E-state index contributed by atoms with van der Waals surface area (Å²) >= 11 is 0. The number of rotatable bonds is 4. The van der Waals surface area contributed by atoms with E-state index in [1.165, 1.54) is 5.57 Å². The van der Waals surface area contributed by atoms with E-state index in [-0.39, 0.29) is 30.1 Å². The summed E-state index contributed by atoms with van der Waals surface area (Å²) in [5, 5.41) is 12.9. The van der Waals surface area contributed by atoms with E-state index in [4.69, 9.17) is 4.74 Å². The third-order valence-electron chi connectivity index (χ3n) is 6.94. The Morgan fingerprint density at radius 2 is 2.24 bits per heavy atom. The highest BCUT2D eigenvalue weighted by molar-refractivity contribution is 5.92. The summed E-state index contributed by atoms with van der Waals surface area (Å²) in [6.45, 7) is 6.89. The maximum absolute atomic E-state index is 12.0. The predicted molar refractivity (Wildman–Crippen MR) is 94.5 cm³/mol. The third-order valence-corrected chi connectivity index (χ3v) is 6.94. The number of aliphatic hydroxyl groups is 1. The van der Waals surface area contributed by atoms with Crippen molar-refractivity contribution in [3.05, 3.63) is 23.3 Å². The Morgan fingerprint density at radius 1 is 1.48 bits per heavy atom. The SMILES string of the molecule is CC1=CC[C@@H]2[C@@H](C)[C@H](O)CC[C@@]2(C)[C@@H]1C/C=C1/C(=O)OCC1NC=O. The van der Waals surface area contributed by atoms with Crippen LogP contribution in [0.5, 0.6) is 0 Å². The fourth-order valence-electron chi connectivity index (χ4n) is 5.29. The number of nitrogens with one attached hydrogen (secondary N) is 1. The molecule has 2 N–H and O–H groups in total. The van der Waals surface area contributed by atoms with E-state index in [1.54, 1.807) is 0 Å². The lowest BCUT2D eigenvalue weighted by Gasteiger charge is -2.54. The van der Waals surface area contributed by atoms with Gasteiger partial charge in [0.2, 0.25) is 6.41 Å². The quantitative estimate of drug-likeness (QED) is 0.354. The molecule has 6 atom stereocenters. The van der Waals surface area contributed by atoms with E-state index in [2.05, 4.69) is 32.2 Å². The minimum atomic E-state index is -0.339. The maximum Gasteiger partial charge on any atom is 0.336 e. The van der Waals surface area contributed by atoms with Crippen LogP contribution in [0.15, 0.2) is 23.3 Å². The minimum Gasteiger partial charge on any atom is -0.460 e. The Bertz CT molecular complexity index is 611. The summed E-state index contributed by atoms with van der Waals surface area (Å²) in [6, 6.07) is -0.339. The zero-order valence-electron chi connectivity index (χ0n) is 15.3. The first kappa shape index (κ1) is 18.2. The van der Waals surface area contributed by atoms with Crippen molar-refractivity contribution in [3.63, 3.8) is 0 Å². The van der Waals surface area contributed by atoms with Gasteiger partial charge in [-0.25, -0.2) is 4.79 Å². The van der Waals surface area contributed by atoms with Crippen molar-refractivity contribution >= 4 is 12.4 Å². The van der Waals surface area contributed by atoms with E-state index in [0.29, 0.717) is 29.7 Å². The third kappa shape index (κ3) is 3.14. The average Bonchev–Trinajstić information content (AvgIpc) is 2.92. The van der Waals surface area contributed by atoms with Crippen molar-refractivity contribution in [1.29, 1.82) is 0 Å². The van der Waals surface area contributed by atoms with Gasteiger partial charge in [0, 0.05) is 0 Å². The average molecular weight is 347 g/mol. The van der Waals surface area contributed by atoms with Crippen LogP contribution >= 0.6 is 0 Å². The van der Waals surface area contributed by atoms with Crippen LogP contribution in [-0.4, -0.2) is 36.2 Å². The number of allylic oxidation sites excluding steroid dienone is 3. The Kier molecular flexibility index (Phi) is 5.05. The smallest absolute Gasteiger partial charge is 0.336 e. The van der Waals surface area contributed by atoms with Gasteiger partial charge in [-0.1, -0.05) is 31.6 Å². The van der Waals surface area contributed by atoms with Gasteiger partial charge in [-0.3, -0.25) is 4.79 Å². The second-order valence-electron chi connectivity index (χ2n) is 8.14. The van der Waals surface area contributed by atoms with Gasteiger partial charge >= 0.3 is 5.97 Å². The zero-order chi connectivity index (χ0) is 18.2. The molecule has 2 fully saturated rings. The van der Waals surface area contributed by atoms with Crippen LogP contribution in [0.4, 0.5) is 0 Å². The van der Waals surface area contributed by atoms with Gasteiger partial charge in [-0.2, -0.15) is 0 Å². The molecule has 0 aromatic carbocycles. The first-order valence-corrected chi connectivity index (χ1v) is 9.30. The molecule has 5 heteroatoms. The lowest BCUT2D eigenvalue weighted by molar-refractivity contribution is -0.135. The molecule has 138 valence electrons. The van der Waals surface area contributed by atoms with Gasteiger partial charge in [0.25, 0.3) is 0 Å². The first-order chi connectivity index (χ1) is 11.9. The van der Waals surface area contributed by atoms with Crippen molar-refractivity contribution in [2.45, 2.75) is 58.6 Å². The topological polar surface area (TPSA) is 75.6 Å². The Hall–Kier alpha value is -1.62. The Morgan fingerprint density at radius 3 is 2.96 bits per heavy atom. The number of hydrogen-bond donors (Lipinski definition) is 2. The maximum atomic E-state index is 12.0. The van der Waals surface area contributed by atoms with Crippen LogP contribution in [0, 0.1) is 23.2 Å². The molecule has 0 radical (unpaired) electrons. The van der Waals surface area contributed by atoms with Crippen LogP contribution in [0.25, 0.3) is 0 Å². The van der Waals surface area contributed by atoms with E-state index in [0.717, 1.165) is 25.7 Å². The Labute approximate surface area is 149 Å². The fourth-order valence-corrected chi connectivity index (χ4v) is 5.29. The Balaban J connectivity index is 1.84. The molecule has 1 aliphatic heterocycles. The van der Waals surface area contributed by atoms with Gasteiger partial charge < -0.3 is 15.2 Å². The largest absolute Gasteiger partial charge is 0.460 e. The standard InChI is InChI=1S/C20H29NO4/c1-12-4-6-16-13(2)18(23)8-9-20(16,3)15(12)7-5-14-17(21-11-22)10-25-19(14)24/h4-5,11,13,15-18,23H,6-10H2,1-3H3,(H,21,22)/b14-5+/t13-,15-,16-,17?,18-,20+/m1/s1. The highest BCUT2D eigenvalue weighted by Crippen LogP contribution is 2.56. The number of carbonyl (C=O) groups is 2. The number of aliphatic hydroxyl groups excluding tert-OH is 1. The number of hydrogen-bond acceptors (Lipinski definition) is 4. The minimum absolute atomic E-state index is 0.130. The van der Waals surface area contributed by atoms with Gasteiger partial charge in [-0.05, 0) is 55.8 Å². The number of cyclic esters (lactones) is 1. The molecule has 3 aliphatic rings. The van der Waals surface area contributed by atoms with Gasteiger partial charge in [0.15, 0.2) is 0 Å². The van der Waals surface area contributed by atoms with Crippen LogP contribution in [-0.2, 0) is 14.3 Å². The first-order valence-electron chi connectivity index (χ1n) is 9.30. The highest BCUT2D eigenvalue weighted by Gasteiger charge is 2.49. The monoisotopic (exact) mass is 347 g/mol. The second-order valence-corrected chi connectivity index (χ2v) is 8.14. The van der Waals surface area contributed by atoms with Gasteiger partial charge in [0.05, 0.1) is 17.7 Å². The molecule has 0 aromatic heterocycles. The van der Waals surface area contributed by atoms with Crippen LogP contribution in [0.1, 0.15) is 46.5 Å². The molecule has 1 amide bonds. The van der Waals surface area contributed by atoms with Crippen LogP contribution in [0.2, 0.25) is 0 Å². The molecule has 2 aliphatic carbocycles. The molecular weight excluding hydrogens is 318 g/mol. The van der Waals surface area contributed by atoms with Crippen LogP contribution in [0.3, 0.4) is 0 Å². The van der Waals surface area contributed by atoms with Crippen molar-refractivity contribution < 1.29 is 19.4 Å². The molecule has 0 aromatic rings. The summed E-state index contributed by atoms with van der Waals surface area (Å²) in [5.74, 6) is 0.770. The molecule has 1 saturated heterocycles. The molecule has 1 unspecified atom stereocenters. The van der Waals surface area contributed by atoms with Gasteiger partial charge in [-0.15, -0.1) is 0 Å². The second kappa shape index (κ2) is 6.94. The van der Waals surface area contributed by atoms with E-state index in [9.17, 15) is 14.7 Å². The lowest BCUT2D eigenvalue weighted by atomic mass is 9.52.